The lowest BCUT2D eigenvalue weighted by atomic mass is 9.82. The SMILES string of the molecule is CCCCCCCCC=CCCCCCCCCC(O)(CCCCCCCC=CCCCCCCCC)C(CCCCCCCC=CCCCCCCCC)OC(=O)CCCCN(C)C. The van der Waals surface area contributed by atoms with E-state index in [0.717, 1.165) is 77.2 Å². The van der Waals surface area contributed by atoms with Gasteiger partial charge in [0.05, 0.1) is 0 Å². The van der Waals surface area contributed by atoms with Gasteiger partial charge in [-0.3, -0.25) is 4.79 Å². The molecule has 4 heteroatoms. The molecule has 0 aromatic rings. The first-order chi connectivity index (χ1) is 31.9. The third kappa shape index (κ3) is 47.5. The molecule has 2 unspecified atom stereocenters. The molecule has 0 aliphatic rings. The van der Waals surface area contributed by atoms with Crippen molar-refractivity contribution in [3.8, 4) is 0 Å². The number of aliphatic hydroxyl groups is 1. The maximum atomic E-state index is 13.4. The molecule has 0 aromatic heterocycles. The highest BCUT2D eigenvalue weighted by molar-refractivity contribution is 5.69. The third-order valence-electron chi connectivity index (χ3n) is 13.8. The fourth-order valence-corrected chi connectivity index (χ4v) is 9.38. The molecule has 0 rings (SSSR count). The van der Waals surface area contributed by atoms with Crippen LogP contribution in [0.2, 0.25) is 0 Å². The van der Waals surface area contributed by atoms with Gasteiger partial charge in [-0.15, -0.1) is 0 Å². The highest BCUT2D eigenvalue weighted by Crippen LogP contribution is 2.32. The zero-order valence-corrected chi connectivity index (χ0v) is 45.0. The van der Waals surface area contributed by atoms with Crippen LogP contribution in [-0.2, 0) is 9.53 Å². The van der Waals surface area contributed by atoms with Crippen LogP contribution in [0.15, 0.2) is 36.5 Å². The van der Waals surface area contributed by atoms with Crippen molar-refractivity contribution in [2.24, 2.45) is 0 Å². The Hall–Kier alpha value is -1.39. The monoisotopic (exact) mass is 912 g/mol. The lowest BCUT2D eigenvalue weighted by Gasteiger charge is -2.36. The van der Waals surface area contributed by atoms with Crippen LogP contribution >= 0.6 is 0 Å². The molecule has 384 valence electrons. The Labute approximate surface area is 408 Å². The Morgan fingerprint density at radius 2 is 0.708 bits per heavy atom. The number of nitrogens with zero attached hydrogens (tertiary/aromatic N) is 1. The number of esters is 1. The molecule has 1 N–H and O–H groups in total. The Balaban J connectivity index is 5.11. The van der Waals surface area contributed by atoms with Crippen LogP contribution in [0.25, 0.3) is 0 Å². The van der Waals surface area contributed by atoms with Crippen LogP contribution in [0, 0.1) is 0 Å². The molecule has 65 heavy (non-hydrogen) atoms. The second-order valence-electron chi connectivity index (χ2n) is 20.7. The molecule has 0 heterocycles. The van der Waals surface area contributed by atoms with Crippen molar-refractivity contribution in [3.63, 3.8) is 0 Å². The molecular formula is C61H117NO3. The molecular weight excluding hydrogens is 795 g/mol. The fourth-order valence-electron chi connectivity index (χ4n) is 9.38. The smallest absolute Gasteiger partial charge is 0.306 e. The standard InChI is InChI=1S/C61H117NO3/c1-6-9-12-15-18-21-24-27-30-33-36-39-42-45-48-52-57-61(64,56-51-47-44-41-38-35-32-29-26-23-20-17-14-11-8-3)59(65-60(63)55-50-53-58-62(4)5)54-49-46-43-40-37-34-31-28-25-22-19-16-13-10-7-2/h27-32,59,64H,6-26,33-58H2,1-5H3. The van der Waals surface area contributed by atoms with Gasteiger partial charge < -0.3 is 14.7 Å². The Morgan fingerprint density at radius 1 is 0.415 bits per heavy atom. The molecule has 0 radical (unpaired) electrons. The van der Waals surface area contributed by atoms with E-state index in [1.165, 1.54) is 218 Å². The highest BCUT2D eigenvalue weighted by Gasteiger charge is 2.38. The first kappa shape index (κ1) is 63.6. The molecule has 0 fully saturated rings. The second kappa shape index (κ2) is 52.0. The predicted molar refractivity (Wildman–Crippen MR) is 290 cm³/mol. The molecule has 0 spiro atoms. The summed E-state index contributed by atoms with van der Waals surface area (Å²) in [6, 6.07) is 0. The predicted octanol–water partition coefficient (Wildman–Crippen LogP) is 19.9. The van der Waals surface area contributed by atoms with Gasteiger partial charge in [0.25, 0.3) is 0 Å². The summed E-state index contributed by atoms with van der Waals surface area (Å²) in [6.45, 7) is 7.85. The van der Waals surface area contributed by atoms with Crippen LogP contribution < -0.4 is 0 Å². The van der Waals surface area contributed by atoms with E-state index in [9.17, 15) is 9.90 Å². The molecule has 0 saturated carbocycles. The van der Waals surface area contributed by atoms with E-state index in [1.54, 1.807) is 0 Å². The van der Waals surface area contributed by atoms with Crippen molar-refractivity contribution in [2.75, 3.05) is 20.6 Å². The number of hydrogen-bond acceptors (Lipinski definition) is 4. The Bertz CT molecular complexity index is 1030. The van der Waals surface area contributed by atoms with Crippen molar-refractivity contribution in [1.29, 1.82) is 0 Å². The maximum Gasteiger partial charge on any atom is 0.306 e. The van der Waals surface area contributed by atoms with Crippen molar-refractivity contribution in [2.45, 2.75) is 328 Å². The minimum absolute atomic E-state index is 0.106. The summed E-state index contributed by atoms with van der Waals surface area (Å²) < 4.78 is 6.37. The van der Waals surface area contributed by atoms with E-state index in [1.807, 2.05) is 0 Å². The maximum absolute atomic E-state index is 13.4. The van der Waals surface area contributed by atoms with Crippen molar-refractivity contribution in [1.82, 2.24) is 4.90 Å². The fraction of sp³-hybridized carbons (Fsp3) is 0.885. The highest BCUT2D eigenvalue weighted by atomic mass is 16.6. The summed E-state index contributed by atoms with van der Waals surface area (Å²) in [5, 5.41) is 12.6. The average molecular weight is 913 g/mol. The molecule has 4 nitrogen and oxygen atoms in total. The Kier molecular flexibility index (Phi) is 50.9. The normalized spacial score (nSPS) is 13.6. The molecule has 2 atom stereocenters. The van der Waals surface area contributed by atoms with E-state index < -0.39 is 11.7 Å². The molecule has 0 aliphatic carbocycles. The van der Waals surface area contributed by atoms with Crippen LogP contribution in [0.1, 0.15) is 316 Å². The van der Waals surface area contributed by atoms with Crippen molar-refractivity contribution >= 4 is 5.97 Å². The lowest BCUT2D eigenvalue weighted by Crippen LogP contribution is -2.45. The molecule has 0 amide bonds. The van der Waals surface area contributed by atoms with E-state index in [0.29, 0.717) is 6.42 Å². The van der Waals surface area contributed by atoms with E-state index in [4.69, 9.17) is 4.74 Å². The Morgan fingerprint density at radius 3 is 1.03 bits per heavy atom. The zero-order valence-electron chi connectivity index (χ0n) is 45.0. The van der Waals surface area contributed by atoms with Gasteiger partial charge in [-0.1, -0.05) is 231 Å². The largest absolute Gasteiger partial charge is 0.459 e. The number of ether oxygens (including phenoxy) is 1. The minimum atomic E-state index is -0.930. The first-order valence-corrected chi connectivity index (χ1v) is 29.4. The first-order valence-electron chi connectivity index (χ1n) is 29.4. The van der Waals surface area contributed by atoms with E-state index in [2.05, 4.69) is 76.2 Å². The summed E-state index contributed by atoms with van der Waals surface area (Å²) in [6.07, 6.45) is 69.7. The van der Waals surface area contributed by atoms with Gasteiger partial charge in [-0.25, -0.2) is 0 Å². The number of rotatable bonds is 53. The van der Waals surface area contributed by atoms with Gasteiger partial charge >= 0.3 is 5.97 Å². The van der Waals surface area contributed by atoms with E-state index in [-0.39, 0.29) is 5.97 Å². The number of hydrogen-bond donors (Lipinski definition) is 1. The summed E-state index contributed by atoms with van der Waals surface area (Å²) in [5.74, 6) is -0.106. The third-order valence-corrected chi connectivity index (χ3v) is 13.8. The summed E-state index contributed by atoms with van der Waals surface area (Å²) >= 11 is 0. The average Bonchev–Trinajstić information content (AvgIpc) is 3.29. The van der Waals surface area contributed by atoms with Gasteiger partial charge in [-0.2, -0.15) is 0 Å². The zero-order chi connectivity index (χ0) is 47.4. The molecule has 0 aliphatic heterocycles. The number of unbranched alkanes of at least 4 members (excludes halogenated alkanes) is 35. The number of allylic oxidation sites excluding steroid dienone is 6. The summed E-state index contributed by atoms with van der Waals surface area (Å²) in [4.78, 5) is 15.6. The minimum Gasteiger partial charge on any atom is -0.459 e. The van der Waals surface area contributed by atoms with Crippen LogP contribution in [0.4, 0.5) is 0 Å². The van der Waals surface area contributed by atoms with Crippen LogP contribution in [-0.4, -0.2) is 48.3 Å². The van der Waals surface area contributed by atoms with Gasteiger partial charge in [0.1, 0.15) is 11.7 Å². The number of carbonyl (C=O) groups excluding carboxylic acids is 1. The van der Waals surface area contributed by atoms with Crippen molar-refractivity contribution < 1.29 is 14.6 Å². The van der Waals surface area contributed by atoms with Crippen LogP contribution in [0.5, 0.6) is 0 Å². The van der Waals surface area contributed by atoms with Crippen LogP contribution in [0.3, 0.4) is 0 Å². The van der Waals surface area contributed by atoms with E-state index >= 15 is 0 Å². The van der Waals surface area contributed by atoms with Gasteiger partial charge in [0.15, 0.2) is 0 Å². The number of carbonyl (C=O) groups is 1. The summed E-state index contributed by atoms with van der Waals surface area (Å²) in [7, 11) is 4.18. The van der Waals surface area contributed by atoms with Crippen molar-refractivity contribution in [3.05, 3.63) is 36.5 Å². The molecule has 0 saturated heterocycles. The summed E-state index contributed by atoms with van der Waals surface area (Å²) in [5.41, 5.74) is -0.930. The van der Waals surface area contributed by atoms with Gasteiger partial charge in [0, 0.05) is 6.42 Å². The quantitative estimate of drug-likeness (QED) is 0.0375. The van der Waals surface area contributed by atoms with Gasteiger partial charge in [-0.05, 0) is 136 Å². The van der Waals surface area contributed by atoms with Gasteiger partial charge in [0.2, 0.25) is 0 Å². The lowest BCUT2D eigenvalue weighted by molar-refractivity contribution is -0.169. The topological polar surface area (TPSA) is 49.8 Å². The molecule has 0 bridgehead atoms. The molecule has 0 aromatic carbocycles. The second-order valence-corrected chi connectivity index (χ2v) is 20.7.